The number of rotatable bonds is 5. The first-order valence-electron chi connectivity index (χ1n) is 13.8. The third-order valence-corrected chi connectivity index (χ3v) is 9.51. The number of likely N-dealkylation sites (tertiary alicyclic amines) is 1. The molecule has 11 heteroatoms. The number of aliphatic hydroxyl groups is 3. The van der Waals surface area contributed by atoms with E-state index in [2.05, 4.69) is 23.9 Å². The molecule has 5 rings (SSSR count). The minimum Gasteiger partial charge on any atom is -0.510 e. The smallest absolute Gasteiger partial charge is 0.248 e. The highest BCUT2D eigenvalue weighted by Gasteiger charge is 2.60. The van der Waals surface area contributed by atoms with Gasteiger partial charge in [0.15, 0.2) is 5.78 Å². The van der Waals surface area contributed by atoms with Crippen molar-refractivity contribution in [1.29, 1.82) is 0 Å². The number of ketones is 1. The quantitative estimate of drug-likeness (QED) is 0.362. The highest BCUT2D eigenvalue weighted by Crippen LogP contribution is 2.53. The fourth-order valence-corrected chi connectivity index (χ4v) is 7.39. The minimum atomic E-state index is -2.12. The molecular formula is C29H39FN4O6. The lowest BCUT2D eigenvalue weighted by Crippen LogP contribution is -2.62. The van der Waals surface area contributed by atoms with Gasteiger partial charge in [-0.3, -0.25) is 19.4 Å². The average molecular weight is 559 g/mol. The van der Waals surface area contributed by atoms with Gasteiger partial charge >= 0.3 is 0 Å². The van der Waals surface area contributed by atoms with Crippen molar-refractivity contribution in [1.82, 2.24) is 14.7 Å². The maximum absolute atomic E-state index is 16.0. The number of amides is 1. The van der Waals surface area contributed by atoms with E-state index in [1.807, 2.05) is 0 Å². The molecule has 3 aliphatic carbocycles. The predicted octanol–water partition coefficient (Wildman–Crippen LogP) is 1.45. The molecule has 10 nitrogen and oxygen atoms in total. The lowest BCUT2D eigenvalue weighted by molar-refractivity contribution is -0.151. The van der Waals surface area contributed by atoms with E-state index >= 15 is 4.39 Å². The van der Waals surface area contributed by atoms with Crippen molar-refractivity contribution in [2.45, 2.75) is 56.3 Å². The van der Waals surface area contributed by atoms with Crippen molar-refractivity contribution in [3.05, 3.63) is 45.5 Å². The van der Waals surface area contributed by atoms with Crippen LogP contribution in [0.25, 0.3) is 5.76 Å². The fraction of sp³-hybridized carbons (Fsp3) is 0.586. The number of likely N-dealkylation sites (N-methyl/N-ethyl adjacent to an activating group) is 1. The normalized spacial score (nSPS) is 29.6. The lowest BCUT2D eigenvalue weighted by atomic mass is 9.57. The van der Waals surface area contributed by atoms with E-state index in [0.29, 0.717) is 18.2 Å². The number of halogens is 1. The number of benzene rings is 1. The summed E-state index contributed by atoms with van der Waals surface area (Å²) in [6, 6.07) is 0.896. The van der Waals surface area contributed by atoms with Crippen LogP contribution in [0.1, 0.15) is 42.4 Å². The molecule has 6 N–H and O–H groups in total. The minimum absolute atomic E-state index is 0.0380. The predicted molar refractivity (Wildman–Crippen MR) is 146 cm³/mol. The zero-order chi connectivity index (χ0) is 29.3. The zero-order valence-electron chi connectivity index (χ0n) is 23.4. The molecule has 0 aromatic heterocycles. The summed E-state index contributed by atoms with van der Waals surface area (Å²) in [6.45, 7) is 1.90. The maximum atomic E-state index is 16.0. The molecule has 1 heterocycles. The number of fused-ring (bicyclic) bond motifs is 3. The molecule has 1 saturated heterocycles. The third-order valence-electron chi connectivity index (χ3n) is 9.51. The van der Waals surface area contributed by atoms with Crippen molar-refractivity contribution in [2.24, 2.45) is 17.6 Å². The highest BCUT2D eigenvalue weighted by molar-refractivity contribution is 6.10. The highest BCUT2D eigenvalue weighted by atomic mass is 19.1. The number of Topliss-reactive ketones (excluding diaryl/α,β-unsaturated/α-hetero) is 1. The summed E-state index contributed by atoms with van der Waals surface area (Å²) in [6.07, 6.45) is 1.60. The van der Waals surface area contributed by atoms with E-state index in [-0.39, 0.29) is 46.6 Å². The summed E-state index contributed by atoms with van der Waals surface area (Å²) in [5.41, 5.74) is 3.34. The molecule has 0 spiro atoms. The number of piperidine rings is 1. The number of hydrogen-bond donors (Lipinski definition) is 5. The Morgan fingerprint density at radius 1 is 1.15 bits per heavy atom. The third kappa shape index (κ3) is 4.39. The number of nitrogens with two attached hydrogens (primary N) is 1. The van der Waals surface area contributed by atoms with Gasteiger partial charge in [0.05, 0.1) is 17.2 Å². The Balaban J connectivity index is 1.51. The van der Waals surface area contributed by atoms with Crippen LogP contribution in [0.5, 0.6) is 5.75 Å². The standard InChI is InChI=1S/C29H39FN4O6/c1-32(2)16-5-7-34(8-6-16)13-15-11-20(35)22-17(23(15)30)9-14-10-19-24(33(3)4)25(36)18(28(31)39)12-29(19,40)27(38)21(14)26(22)37/h11,14,16,19,24,35-37,40H,5-10,12-13H2,1-4H3,(H2,31,39)/t14-,19-,24-,29-/m0/s1. The monoisotopic (exact) mass is 558 g/mol. The van der Waals surface area contributed by atoms with E-state index < -0.39 is 53.2 Å². The van der Waals surface area contributed by atoms with Crippen LogP contribution >= 0.6 is 0 Å². The Hall–Kier alpha value is -2.99. The van der Waals surface area contributed by atoms with Gasteiger partial charge < -0.3 is 31.1 Å². The number of aliphatic hydroxyl groups excluding tert-OH is 2. The maximum Gasteiger partial charge on any atom is 0.248 e. The van der Waals surface area contributed by atoms with Crippen LogP contribution < -0.4 is 5.73 Å². The topological polar surface area (TPSA) is 151 Å². The number of phenolic OH excluding ortho intramolecular Hbond substituents is 1. The number of aromatic hydroxyl groups is 1. The van der Waals surface area contributed by atoms with E-state index in [0.717, 1.165) is 25.9 Å². The second-order valence-corrected chi connectivity index (χ2v) is 12.3. The number of primary amides is 1. The number of nitrogens with zero attached hydrogens (tertiary/aromatic N) is 3. The van der Waals surface area contributed by atoms with Gasteiger partial charge in [0, 0.05) is 41.6 Å². The lowest BCUT2D eigenvalue weighted by Gasteiger charge is -2.51. The molecule has 1 aliphatic heterocycles. The van der Waals surface area contributed by atoms with Gasteiger partial charge in [-0.2, -0.15) is 0 Å². The fourth-order valence-electron chi connectivity index (χ4n) is 7.39. The Bertz CT molecular complexity index is 1320. The first-order chi connectivity index (χ1) is 18.8. The van der Waals surface area contributed by atoms with Crippen LogP contribution in [0.2, 0.25) is 0 Å². The summed E-state index contributed by atoms with van der Waals surface area (Å²) in [4.78, 5) is 31.9. The number of carbonyl (C=O) groups excluding carboxylic acids is 2. The van der Waals surface area contributed by atoms with Gasteiger partial charge in [0.2, 0.25) is 5.91 Å². The Labute approximate surface area is 233 Å². The van der Waals surface area contributed by atoms with Crippen LogP contribution in [-0.2, 0) is 22.6 Å². The number of hydrogen-bond acceptors (Lipinski definition) is 9. The first-order valence-corrected chi connectivity index (χ1v) is 13.8. The molecule has 1 aromatic rings. The van der Waals surface area contributed by atoms with Gasteiger partial charge in [-0.1, -0.05) is 0 Å². The van der Waals surface area contributed by atoms with Crippen molar-refractivity contribution in [2.75, 3.05) is 41.3 Å². The molecule has 4 aliphatic rings. The summed E-state index contributed by atoms with van der Waals surface area (Å²) in [5.74, 6) is -4.94. The van der Waals surface area contributed by atoms with Crippen molar-refractivity contribution >= 4 is 17.4 Å². The van der Waals surface area contributed by atoms with Crippen LogP contribution in [0, 0.1) is 17.7 Å². The number of phenols is 1. The largest absolute Gasteiger partial charge is 0.510 e. The SMILES string of the molecule is CN(C)C1CCN(Cc2cc(O)c3c(c2F)C[C@H]2C[C@H]4[C@H](N(C)C)C(O)=C(C(N)=O)C[C@@]4(O)C(=O)C2=C3O)CC1. The van der Waals surface area contributed by atoms with Crippen molar-refractivity contribution in [3.63, 3.8) is 0 Å². The van der Waals surface area contributed by atoms with E-state index in [1.165, 1.54) is 6.07 Å². The van der Waals surface area contributed by atoms with Gasteiger partial charge in [0.1, 0.15) is 28.7 Å². The molecule has 4 atom stereocenters. The Morgan fingerprint density at radius 3 is 2.38 bits per heavy atom. The second kappa shape index (κ2) is 10.1. The Morgan fingerprint density at radius 2 is 1.80 bits per heavy atom. The van der Waals surface area contributed by atoms with Crippen LogP contribution in [0.4, 0.5) is 4.39 Å². The van der Waals surface area contributed by atoms with Gasteiger partial charge in [-0.05, 0) is 78.9 Å². The van der Waals surface area contributed by atoms with Gasteiger partial charge in [-0.25, -0.2) is 4.39 Å². The first kappa shape index (κ1) is 28.5. The molecule has 0 radical (unpaired) electrons. The molecule has 0 bridgehead atoms. The summed E-state index contributed by atoms with van der Waals surface area (Å²) < 4.78 is 16.0. The Kier molecular flexibility index (Phi) is 7.23. The molecule has 1 saturated carbocycles. The van der Waals surface area contributed by atoms with Crippen LogP contribution in [-0.4, -0.2) is 106 Å². The molecule has 1 amide bonds. The zero-order valence-corrected chi connectivity index (χ0v) is 23.4. The molecule has 2 fully saturated rings. The van der Waals surface area contributed by atoms with E-state index in [4.69, 9.17) is 5.73 Å². The summed E-state index contributed by atoms with van der Waals surface area (Å²) >= 11 is 0. The van der Waals surface area contributed by atoms with Crippen molar-refractivity contribution in [3.8, 4) is 5.75 Å². The second-order valence-electron chi connectivity index (χ2n) is 12.3. The molecule has 218 valence electrons. The van der Waals surface area contributed by atoms with E-state index in [1.54, 1.807) is 19.0 Å². The molecular weight excluding hydrogens is 519 g/mol. The van der Waals surface area contributed by atoms with Crippen LogP contribution in [0.15, 0.2) is 23.0 Å². The van der Waals surface area contributed by atoms with Crippen LogP contribution in [0.3, 0.4) is 0 Å². The van der Waals surface area contributed by atoms with E-state index in [9.17, 15) is 30.0 Å². The van der Waals surface area contributed by atoms with Gasteiger partial charge in [0.25, 0.3) is 0 Å². The average Bonchev–Trinajstić information content (AvgIpc) is 2.88. The molecule has 0 unspecified atom stereocenters. The van der Waals surface area contributed by atoms with Crippen molar-refractivity contribution < 1.29 is 34.4 Å². The summed E-state index contributed by atoms with van der Waals surface area (Å²) in [7, 11) is 7.41. The summed E-state index contributed by atoms with van der Waals surface area (Å²) in [5, 5.41) is 44.8. The number of carbonyl (C=O) groups is 2. The molecule has 40 heavy (non-hydrogen) atoms. The molecule has 1 aromatic carbocycles. The van der Waals surface area contributed by atoms with Gasteiger partial charge in [-0.15, -0.1) is 0 Å².